The lowest BCUT2D eigenvalue weighted by Gasteiger charge is -2.25. The average molecular weight is 274 g/mol. The van der Waals surface area contributed by atoms with Crippen LogP contribution in [0.1, 0.15) is 38.4 Å². The zero-order valence-electron chi connectivity index (χ0n) is 10.0. The van der Waals surface area contributed by atoms with Gasteiger partial charge in [-0.25, -0.2) is 0 Å². The molecule has 1 aromatic rings. The fraction of sp³-hybridized carbons (Fsp3) is 0.538. The summed E-state index contributed by atoms with van der Waals surface area (Å²) in [4.78, 5) is 0. The third kappa shape index (κ3) is 2.76. The predicted octanol–water partition coefficient (Wildman–Crippen LogP) is 3.56. The average Bonchev–Trinajstić information content (AvgIpc) is 2.58. The fourth-order valence-corrected chi connectivity index (χ4v) is 3.01. The molecule has 17 heavy (non-hydrogen) atoms. The van der Waals surface area contributed by atoms with Crippen LogP contribution < -0.4 is 5.32 Å². The number of hydrogen-bond acceptors (Lipinski definition) is 2. The molecule has 0 spiro atoms. The van der Waals surface area contributed by atoms with E-state index in [9.17, 15) is 5.11 Å². The number of halogens is 2. The highest BCUT2D eigenvalue weighted by atomic mass is 35.5. The smallest absolute Gasteiger partial charge is 0.0971 e. The Bertz CT molecular complexity index is 400. The first-order chi connectivity index (χ1) is 7.91. The molecule has 2 unspecified atom stereocenters. The largest absolute Gasteiger partial charge is 0.387 e. The summed E-state index contributed by atoms with van der Waals surface area (Å²) in [5, 5.41) is 14.8. The molecule has 1 aliphatic rings. The van der Waals surface area contributed by atoms with Crippen LogP contribution in [0.15, 0.2) is 18.2 Å². The van der Waals surface area contributed by atoms with Crippen LogP contribution in [0, 0.1) is 0 Å². The van der Waals surface area contributed by atoms with Crippen LogP contribution in [0.5, 0.6) is 0 Å². The minimum absolute atomic E-state index is 0.0161. The summed E-state index contributed by atoms with van der Waals surface area (Å²) < 4.78 is 0. The van der Waals surface area contributed by atoms with Crippen LogP contribution in [0.4, 0.5) is 0 Å². The zero-order chi connectivity index (χ0) is 12.6. The Labute approximate surface area is 112 Å². The third-order valence-electron chi connectivity index (χ3n) is 3.33. The molecule has 2 atom stereocenters. The quantitative estimate of drug-likeness (QED) is 0.864. The SMILES string of the molecule is CC1(C)CCC(C(O)c2c(Cl)cccc2Cl)N1. The Kier molecular flexibility index (Phi) is 3.69. The normalized spacial score (nSPS) is 24.9. The van der Waals surface area contributed by atoms with Crippen molar-refractivity contribution in [3.8, 4) is 0 Å². The van der Waals surface area contributed by atoms with E-state index in [-0.39, 0.29) is 11.6 Å². The van der Waals surface area contributed by atoms with Gasteiger partial charge in [0.15, 0.2) is 0 Å². The van der Waals surface area contributed by atoms with Gasteiger partial charge in [0.1, 0.15) is 0 Å². The van der Waals surface area contributed by atoms with Crippen molar-refractivity contribution in [1.29, 1.82) is 0 Å². The van der Waals surface area contributed by atoms with E-state index >= 15 is 0 Å². The van der Waals surface area contributed by atoms with Crippen LogP contribution in [0.25, 0.3) is 0 Å². The van der Waals surface area contributed by atoms with Gasteiger partial charge in [-0.3, -0.25) is 0 Å². The lowest BCUT2D eigenvalue weighted by molar-refractivity contribution is 0.132. The lowest BCUT2D eigenvalue weighted by atomic mass is 10.00. The molecule has 0 aromatic heterocycles. The molecular weight excluding hydrogens is 257 g/mol. The van der Waals surface area contributed by atoms with Crippen LogP contribution in [-0.4, -0.2) is 16.7 Å². The summed E-state index contributed by atoms with van der Waals surface area (Å²) in [7, 11) is 0. The first kappa shape index (κ1) is 13.2. The Hall–Kier alpha value is -0.280. The third-order valence-corrected chi connectivity index (χ3v) is 3.99. The van der Waals surface area contributed by atoms with Crippen molar-refractivity contribution in [1.82, 2.24) is 5.32 Å². The minimum Gasteiger partial charge on any atom is -0.387 e. The summed E-state index contributed by atoms with van der Waals surface area (Å²) >= 11 is 12.2. The van der Waals surface area contributed by atoms with Crippen LogP contribution in [-0.2, 0) is 0 Å². The summed E-state index contributed by atoms with van der Waals surface area (Å²) in [5.41, 5.74) is 0.699. The number of rotatable bonds is 2. The van der Waals surface area contributed by atoms with Crippen molar-refractivity contribution in [3.05, 3.63) is 33.8 Å². The Morgan fingerprint density at radius 2 is 1.94 bits per heavy atom. The molecule has 2 rings (SSSR count). The molecule has 0 saturated carbocycles. The van der Waals surface area contributed by atoms with Crippen molar-refractivity contribution >= 4 is 23.2 Å². The number of benzene rings is 1. The maximum absolute atomic E-state index is 10.4. The molecule has 1 saturated heterocycles. The van der Waals surface area contributed by atoms with Crippen molar-refractivity contribution in [2.45, 2.75) is 44.4 Å². The molecule has 1 heterocycles. The molecule has 4 heteroatoms. The second-order valence-corrected chi connectivity index (χ2v) is 6.07. The van der Waals surface area contributed by atoms with Crippen LogP contribution in [0.3, 0.4) is 0 Å². The van der Waals surface area contributed by atoms with Gasteiger partial charge in [-0.05, 0) is 38.8 Å². The van der Waals surface area contributed by atoms with E-state index in [4.69, 9.17) is 23.2 Å². The topological polar surface area (TPSA) is 32.3 Å². The molecule has 2 nitrogen and oxygen atoms in total. The summed E-state index contributed by atoms with van der Waals surface area (Å²) in [6.45, 7) is 4.27. The van der Waals surface area contributed by atoms with Crippen LogP contribution >= 0.6 is 23.2 Å². The van der Waals surface area contributed by atoms with Gasteiger partial charge in [-0.2, -0.15) is 0 Å². The van der Waals surface area contributed by atoms with E-state index in [1.165, 1.54) is 0 Å². The van der Waals surface area contributed by atoms with Gasteiger partial charge in [-0.15, -0.1) is 0 Å². The van der Waals surface area contributed by atoms with Crippen molar-refractivity contribution in [2.75, 3.05) is 0 Å². The van der Waals surface area contributed by atoms with Crippen molar-refractivity contribution in [2.24, 2.45) is 0 Å². The summed E-state index contributed by atoms with van der Waals surface area (Å²) in [5.74, 6) is 0. The van der Waals surface area contributed by atoms with Gasteiger partial charge in [0.25, 0.3) is 0 Å². The van der Waals surface area contributed by atoms with Crippen LogP contribution in [0.2, 0.25) is 10.0 Å². The Morgan fingerprint density at radius 1 is 1.35 bits per heavy atom. The van der Waals surface area contributed by atoms with Gasteiger partial charge in [0.05, 0.1) is 6.10 Å². The maximum Gasteiger partial charge on any atom is 0.0971 e. The standard InChI is InChI=1S/C13H17Cl2NO/c1-13(2)7-6-10(16-13)12(17)11-8(14)4-3-5-9(11)15/h3-5,10,12,16-17H,6-7H2,1-2H3. The van der Waals surface area contributed by atoms with Gasteiger partial charge in [-0.1, -0.05) is 29.3 Å². The molecule has 1 aromatic carbocycles. The minimum atomic E-state index is -0.655. The lowest BCUT2D eigenvalue weighted by Crippen LogP contribution is -2.40. The van der Waals surface area contributed by atoms with Gasteiger partial charge in [0, 0.05) is 27.2 Å². The van der Waals surface area contributed by atoms with Crippen molar-refractivity contribution < 1.29 is 5.11 Å². The van der Waals surface area contributed by atoms with Gasteiger partial charge < -0.3 is 10.4 Å². The monoisotopic (exact) mass is 273 g/mol. The van der Waals surface area contributed by atoms with E-state index in [1.807, 2.05) is 0 Å². The summed E-state index contributed by atoms with van der Waals surface area (Å²) in [6, 6.07) is 5.31. The second kappa shape index (κ2) is 4.77. The molecule has 1 aliphatic heterocycles. The van der Waals surface area contributed by atoms with E-state index < -0.39 is 6.10 Å². The molecule has 0 bridgehead atoms. The molecule has 0 amide bonds. The molecule has 0 aliphatic carbocycles. The predicted molar refractivity (Wildman–Crippen MR) is 71.7 cm³/mol. The van der Waals surface area contributed by atoms with Gasteiger partial charge >= 0.3 is 0 Å². The highest BCUT2D eigenvalue weighted by molar-refractivity contribution is 6.36. The molecule has 94 valence electrons. The highest BCUT2D eigenvalue weighted by Gasteiger charge is 2.35. The number of nitrogens with one attached hydrogen (secondary N) is 1. The Morgan fingerprint density at radius 3 is 2.41 bits per heavy atom. The zero-order valence-corrected chi connectivity index (χ0v) is 11.5. The first-order valence-electron chi connectivity index (χ1n) is 5.80. The molecular formula is C13H17Cl2NO. The van der Waals surface area contributed by atoms with E-state index in [1.54, 1.807) is 18.2 Å². The highest BCUT2D eigenvalue weighted by Crippen LogP contribution is 2.36. The molecule has 2 N–H and O–H groups in total. The Balaban J connectivity index is 2.23. The van der Waals surface area contributed by atoms with Gasteiger partial charge in [0.2, 0.25) is 0 Å². The van der Waals surface area contributed by atoms with E-state index in [0.717, 1.165) is 12.8 Å². The maximum atomic E-state index is 10.4. The molecule has 1 fully saturated rings. The van der Waals surface area contributed by atoms with E-state index in [0.29, 0.717) is 15.6 Å². The number of hydrogen-bond donors (Lipinski definition) is 2. The molecule has 0 radical (unpaired) electrons. The first-order valence-corrected chi connectivity index (χ1v) is 6.56. The van der Waals surface area contributed by atoms with Crippen molar-refractivity contribution in [3.63, 3.8) is 0 Å². The van der Waals surface area contributed by atoms with E-state index in [2.05, 4.69) is 19.2 Å². The number of aliphatic hydroxyl groups excluding tert-OH is 1. The second-order valence-electron chi connectivity index (χ2n) is 5.25. The summed E-state index contributed by atoms with van der Waals surface area (Å²) in [6.07, 6.45) is 1.31. The number of aliphatic hydroxyl groups is 1. The fourth-order valence-electron chi connectivity index (χ4n) is 2.39.